The van der Waals surface area contributed by atoms with E-state index in [0.717, 1.165) is 5.56 Å². The maximum atomic E-state index is 13.5. The van der Waals surface area contributed by atoms with E-state index < -0.39 is 0 Å². The van der Waals surface area contributed by atoms with E-state index >= 15 is 0 Å². The highest BCUT2D eigenvalue weighted by atomic mass is 127. The molecule has 0 aliphatic heterocycles. The Morgan fingerprint density at radius 2 is 1.74 bits per heavy atom. The highest BCUT2D eigenvalue weighted by molar-refractivity contribution is 14.0. The van der Waals surface area contributed by atoms with Crippen LogP contribution in [0.25, 0.3) is 0 Å². The number of aliphatic imine (C=N–C) groups is 1. The first kappa shape index (κ1) is 23.2. The van der Waals surface area contributed by atoms with Gasteiger partial charge < -0.3 is 16.0 Å². The Morgan fingerprint density at radius 3 is 2.37 bits per heavy atom. The van der Waals surface area contributed by atoms with Gasteiger partial charge in [-0.3, -0.25) is 9.79 Å². The normalized spacial score (nSPS) is 10.7. The number of benzene rings is 2. The lowest BCUT2D eigenvalue weighted by atomic mass is 10.1. The molecule has 3 N–H and O–H groups in total. The molecule has 0 radical (unpaired) electrons. The van der Waals surface area contributed by atoms with E-state index in [0.29, 0.717) is 41.7 Å². The predicted molar refractivity (Wildman–Crippen MR) is 119 cm³/mol. The van der Waals surface area contributed by atoms with Gasteiger partial charge in [-0.05, 0) is 42.3 Å². The summed E-state index contributed by atoms with van der Waals surface area (Å²) in [6.07, 6.45) is 0. The van der Waals surface area contributed by atoms with Crippen molar-refractivity contribution in [2.24, 2.45) is 4.99 Å². The van der Waals surface area contributed by atoms with E-state index in [1.165, 1.54) is 6.07 Å². The van der Waals surface area contributed by atoms with Crippen molar-refractivity contribution in [2.75, 3.05) is 20.1 Å². The molecule has 2 aromatic rings. The summed E-state index contributed by atoms with van der Waals surface area (Å²) in [5.74, 6) is -0.0760. The van der Waals surface area contributed by atoms with Crippen LogP contribution in [0.4, 0.5) is 4.39 Å². The van der Waals surface area contributed by atoms with E-state index in [2.05, 4.69) is 20.9 Å². The Hall–Kier alpha value is -1.87. The van der Waals surface area contributed by atoms with Gasteiger partial charge in [-0.2, -0.15) is 0 Å². The molecule has 0 aromatic heterocycles. The zero-order valence-electron chi connectivity index (χ0n) is 15.2. The first-order valence-electron chi connectivity index (χ1n) is 8.23. The van der Waals surface area contributed by atoms with Gasteiger partial charge in [0.05, 0.1) is 0 Å². The maximum absolute atomic E-state index is 13.5. The van der Waals surface area contributed by atoms with Crippen LogP contribution in [0.15, 0.2) is 47.5 Å². The standard InChI is InChI=1S/C19H22ClFN4O.HI/c1-13-3-6-15(11-17(13)21)18(26)23-9-10-24-19(22-2)25-12-14-4-7-16(20)8-5-14;/h3-8,11H,9-10,12H2,1-2H3,(H,23,26)(H2,22,24,25);1H. The molecule has 0 spiro atoms. The van der Waals surface area contributed by atoms with E-state index in [1.807, 2.05) is 24.3 Å². The van der Waals surface area contributed by atoms with Gasteiger partial charge in [0, 0.05) is 37.3 Å². The molecule has 8 heteroatoms. The van der Waals surface area contributed by atoms with E-state index in [1.54, 1.807) is 26.1 Å². The summed E-state index contributed by atoms with van der Waals surface area (Å²) in [5, 5.41) is 9.71. The van der Waals surface area contributed by atoms with Crippen LogP contribution in [0, 0.1) is 12.7 Å². The van der Waals surface area contributed by atoms with Crippen molar-refractivity contribution in [3.63, 3.8) is 0 Å². The lowest BCUT2D eigenvalue weighted by Crippen LogP contribution is -2.41. The van der Waals surface area contributed by atoms with Crippen LogP contribution < -0.4 is 16.0 Å². The van der Waals surface area contributed by atoms with Gasteiger partial charge in [-0.1, -0.05) is 29.8 Å². The second-order valence-electron chi connectivity index (χ2n) is 5.70. The molecule has 0 fully saturated rings. The summed E-state index contributed by atoms with van der Waals surface area (Å²) in [6.45, 7) is 3.13. The minimum absolute atomic E-state index is 0. The average molecular weight is 505 g/mol. The summed E-state index contributed by atoms with van der Waals surface area (Å²) in [7, 11) is 1.67. The van der Waals surface area contributed by atoms with Crippen molar-refractivity contribution in [1.82, 2.24) is 16.0 Å². The van der Waals surface area contributed by atoms with Crippen molar-refractivity contribution in [1.29, 1.82) is 0 Å². The number of hydrogen-bond acceptors (Lipinski definition) is 2. The largest absolute Gasteiger partial charge is 0.355 e. The van der Waals surface area contributed by atoms with E-state index in [4.69, 9.17) is 11.6 Å². The number of nitrogens with zero attached hydrogens (tertiary/aromatic N) is 1. The van der Waals surface area contributed by atoms with Crippen LogP contribution >= 0.6 is 35.6 Å². The summed E-state index contributed by atoms with van der Waals surface area (Å²) in [4.78, 5) is 16.1. The second-order valence-corrected chi connectivity index (χ2v) is 6.14. The molecule has 27 heavy (non-hydrogen) atoms. The molecule has 0 saturated heterocycles. The summed E-state index contributed by atoms with van der Waals surface area (Å²) < 4.78 is 13.5. The summed E-state index contributed by atoms with van der Waals surface area (Å²) >= 11 is 5.86. The summed E-state index contributed by atoms with van der Waals surface area (Å²) in [6, 6.07) is 12.0. The van der Waals surface area contributed by atoms with Crippen molar-refractivity contribution >= 4 is 47.4 Å². The minimum atomic E-state index is -0.387. The van der Waals surface area contributed by atoms with Crippen LogP contribution in [0.5, 0.6) is 0 Å². The zero-order chi connectivity index (χ0) is 18.9. The number of guanidine groups is 1. The molecule has 5 nitrogen and oxygen atoms in total. The van der Waals surface area contributed by atoms with Crippen molar-refractivity contribution in [2.45, 2.75) is 13.5 Å². The predicted octanol–water partition coefficient (Wildman–Crippen LogP) is 3.50. The third-order valence-electron chi connectivity index (χ3n) is 3.73. The molecule has 2 aromatic carbocycles. The van der Waals surface area contributed by atoms with Crippen LogP contribution in [0.1, 0.15) is 21.5 Å². The van der Waals surface area contributed by atoms with Crippen LogP contribution in [0.3, 0.4) is 0 Å². The highest BCUT2D eigenvalue weighted by Crippen LogP contribution is 2.09. The molecule has 0 heterocycles. The Morgan fingerprint density at radius 1 is 1.07 bits per heavy atom. The van der Waals surface area contributed by atoms with Gasteiger partial charge in [0.2, 0.25) is 0 Å². The number of hydrogen-bond donors (Lipinski definition) is 3. The third kappa shape index (κ3) is 7.72. The number of carbonyl (C=O) groups excluding carboxylic acids is 1. The SMILES string of the molecule is CN=C(NCCNC(=O)c1ccc(C)c(F)c1)NCc1ccc(Cl)cc1.I. The molecule has 1 amide bonds. The average Bonchev–Trinajstić information content (AvgIpc) is 2.64. The molecule has 0 aliphatic rings. The number of aryl methyl sites for hydroxylation is 1. The molecule has 0 bridgehead atoms. The van der Waals surface area contributed by atoms with Gasteiger partial charge in [-0.25, -0.2) is 4.39 Å². The molecule has 2 rings (SSSR count). The second kappa shape index (κ2) is 11.8. The number of carbonyl (C=O) groups is 1. The van der Waals surface area contributed by atoms with Gasteiger partial charge in [0.1, 0.15) is 5.82 Å². The number of rotatable bonds is 6. The molecule has 146 valence electrons. The summed E-state index contributed by atoms with van der Waals surface area (Å²) in [5.41, 5.74) is 1.89. The van der Waals surface area contributed by atoms with Crippen molar-refractivity contribution < 1.29 is 9.18 Å². The topological polar surface area (TPSA) is 65.5 Å². The van der Waals surface area contributed by atoms with Crippen LogP contribution in [-0.4, -0.2) is 32.0 Å². The maximum Gasteiger partial charge on any atom is 0.251 e. The Kier molecular flexibility index (Phi) is 10.1. The zero-order valence-corrected chi connectivity index (χ0v) is 18.3. The number of amides is 1. The number of nitrogens with one attached hydrogen (secondary N) is 3. The van der Waals surface area contributed by atoms with Gasteiger partial charge in [0.25, 0.3) is 5.91 Å². The fourth-order valence-electron chi connectivity index (χ4n) is 2.20. The quantitative estimate of drug-likeness (QED) is 0.244. The Bertz CT molecular complexity index is 784. The number of halogens is 3. The fraction of sp³-hybridized carbons (Fsp3) is 0.263. The molecule has 0 saturated carbocycles. The minimum Gasteiger partial charge on any atom is -0.355 e. The van der Waals surface area contributed by atoms with E-state index in [9.17, 15) is 9.18 Å². The molecular weight excluding hydrogens is 482 g/mol. The van der Waals surface area contributed by atoms with Gasteiger partial charge >= 0.3 is 0 Å². The van der Waals surface area contributed by atoms with E-state index in [-0.39, 0.29) is 35.7 Å². The van der Waals surface area contributed by atoms with Gasteiger partial charge in [-0.15, -0.1) is 24.0 Å². The Balaban J connectivity index is 0.00000364. The van der Waals surface area contributed by atoms with Crippen LogP contribution in [-0.2, 0) is 6.54 Å². The van der Waals surface area contributed by atoms with Crippen molar-refractivity contribution in [3.05, 3.63) is 70.0 Å². The van der Waals surface area contributed by atoms with Crippen LogP contribution in [0.2, 0.25) is 5.02 Å². The third-order valence-corrected chi connectivity index (χ3v) is 3.99. The molecule has 0 aliphatic carbocycles. The monoisotopic (exact) mass is 504 g/mol. The lowest BCUT2D eigenvalue weighted by Gasteiger charge is -2.12. The van der Waals surface area contributed by atoms with Crippen molar-refractivity contribution in [3.8, 4) is 0 Å². The smallest absolute Gasteiger partial charge is 0.251 e. The first-order chi connectivity index (χ1) is 12.5. The Labute approximate surface area is 180 Å². The van der Waals surface area contributed by atoms with Gasteiger partial charge in [0.15, 0.2) is 5.96 Å². The first-order valence-corrected chi connectivity index (χ1v) is 8.60. The fourth-order valence-corrected chi connectivity index (χ4v) is 2.33. The molecular formula is C19H23ClFIN4O. The lowest BCUT2D eigenvalue weighted by molar-refractivity contribution is 0.0954. The molecule has 0 unspecified atom stereocenters. The molecule has 0 atom stereocenters. The highest BCUT2D eigenvalue weighted by Gasteiger charge is 2.07.